The lowest BCUT2D eigenvalue weighted by Crippen LogP contribution is -2.31. The van der Waals surface area contributed by atoms with E-state index in [2.05, 4.69) is 44.7 Å². The van der Waals surface area contributed by atoms with Crippen molar-refractivity contribution in [1.82, 2.24) is 4.90 Å². The van der Waals surface area contributed by atoms with Crippen LogP contribution in [-0.2, 0) is 6.54 Å². The molecule has 0 aromatic heterocycles. The van der Waals surface area contributed by atoms with Crippen molar-refractivity contribution in [1.29, 1.82) is 5.26 Å². The van der Waals surface area contributed by atoms with Gasteiger partial charge in [-0.25, -0.2) is 0 Å². The van der Waals surface area contributed by atoms with E-state index in [0.29, 0.717) is 6.04 Å². The zero-order valence-corrected chi connectivity index (χ0v) is 11.3. The number of nitriles is 1. The molecule has 0 heterocycles. The van der Waals surface area contributed by atoms with Crippen molar-refractivity contribution in [2.24, 2.45) is 0 Å². The molecule has 2 heteroatoms. The van der Waals surface area contributed by atoms with Gasteiger partial charge in [0.25, 0.3) is 0 Å². The van der Waals surface area contributed by atoms with Crippen LogP contribution in [-0.4, -0.2) is 17.5 Å². The third kappa shape index (κ3) is 3.87. The fraction of sp³-hybridized carbons (Fsp3) is 0.533. The van der Waals surface area contributed by atoms with E-state index in [-0.39, 0.29) is 0 Å². The summed E-state index contributed by atoms with van der Waals surface area (Å²) in [7, 11) is 0. The standard InChI is InChI=1S/C15H22N2/c1-5-8-17(12(2)3)11-15-7-6-14(10-16)9-13(15)4/h6-7,9,12H,5,8,11H2,1-4H3. The molecule has 0 aliphatic rings. The Hall–Kier alpha value is -1.33. The summed E-state index contributed by atoms with van der Waals surface area (Å²) >= 11 is 0. The monoisotopic (exact) mass is 230 g/mol. The zero-order chi connectivity index (χ0) is 12.8. The first kappa shape index (κ1) is 13.7. The summed E-state index contributed by atoms with van der Waals surface area (Å²) in [4.78, 5) is 2.47. The quantitative estimate of drug-likeness (QED) is 0.774. The van der Waals surface area contributed by atoms with E-state index in [9.17, 15) is 0 Å². The Bertz CT molecular complexity index is 402. The van der Waals surface area contributed by atoms with Crippen molar-refractivity contribution in [3.63, 3.8) is 0 Å². The minimum atomic E-state index is 0.560. The van der Waals surface area contributed by atoms with E-state index in [1.807, 2.05) is 12.1 Å². The molecule has 0 saturated carbocycles. The summed E-state index contributed by atoms with van der Waals surface area (Å²) in [5, 5.41) is 8.85. The summed E-state index contributed by atoms with van der Waals surface area (Å²) in [6, 6.07) is 8.71. The van der Waals surface area contributed by atoms with Gasteiger partial charge in [0.15, 0.2) is 0 Å². The predicted molar refractivity (Wildman–Crippen MR) is 71.7 cm³/mol. The van der Waals surface area contributed by atoms with Crippen LogP contribution in [0.15, 0.2) is 18.2 Å². The van der Waals surface area contributed by atoms with Crippen LogP contribution in [0.4, 0.5) is 0 Å². The first-order valence-electron chi connectivity index (χ1n) is 6.32. The lowest BCUT2D eigenvalue weighted by Gasteiger charge is -2.26. The van der Waals surface area contributed by atoms with Gasteiger partial charge in [-0.3, -0.25) is 4.90 Å². The lowest BCUT2D eigenvalue weighted by atomic mass is 10.0. The molecule has 0 saturated heterocycles. The average molecular weight is 230 g/mol. The van der Waals surface area contributed by atoms with Crippen molar-refractivity contribution in [3.05, 3.63) is 34.9 Å². The number of hydrogen-bond acceptors (Lipinski definition) is 2. The molecule has 0 amide bonds. The van der Waals surface area contributed by atoms with Gasteiger partial charge in [-0.15, -0.1) is 0 Å². The predicted octanol–water partition coefficient (Wildman–Crippen LogP) is 3.49. The SMILES string of the molecule is CCCN(Cc1ccc(C#N)cc1C)C(C)C. The Labute approximate surface area is 105 Å². The normalized spacial score (nSPS) is 10.9. The van der Waals surface area contributed by atoms with Crippen LogP contribution < -0.4 is 0 Å². The van der Waals surface area contributed by atoms with Crippen molar-refractivity contribution < 1.29 is 0 Å². The molecule has 0 fully saturated rings. The molecule has 17 heavy (non-hydrogen) atoms. The smallest absolute Gasteiger partial charge is 0.0991 e. The molecule has 92 valence electrons. The summed E-state index contributed by atoms with van der Waals surface area (Å²) in [5.74, 6) is 0. The van der Waals surface area contributed by atoms with Crippen molar-refractivity contribution in [2.45, 2.75) is 46.7 Å². The van der Waals surface area contributed by atoms with E-state index >= 15 is 0 Å². The summed E-state index contributed by atoms with van der Waals surface area (Å²) in [5.41, 5.74) is 3.29. The van der Waals surface area contributed by atoms with Crippen molar-refractivity contribution >= 4 is 0 Å². The summed E-state index contributed by atoms with van der Waals surface area (Å²) in [6.07, 6.45) is 1.17. The molecule has 0 atom stereocenters. The molecule has 0 spiro atoms. The van der Waals surface area contributed by atoms with E-state index in [0.717, 1.165) is 18.7 Å². The Morgan fingerprint density at radius 1 is 1.35 bits per heavy atom. The maximum Gasteiger partial charge on any atom is 0.0991 e. The molecule has 0 N–H and O–H groups in total. The topological polar surface area (TPSA) is 27.0 Å². The lowest BCUT2D eigenvalue weighted by molar-refractivity contribution is 0.213. The minimum Gasteiger partial charge on any atom is -0.297 e. The van der Waals surface area contributed by atoms with E-state index < -0.39 is 0 Å². The van der Waals surface area contributed by atoms with Gasteiger partial charge in [0.2, 0.25) is 0 Å². The van der Waals surface area contributed by atoms with Crippen LogP contribution in [0.3, 0.4) is 0 Å². The van der Waals surface area contributed by atoms with Crippen molar-refractivity contribution in [3.8, 4) is 6.07 Å². The van der Waals surface area contributed by atoms with Gasteiger partial charge >= 0.3 is 0 Å². The molecule has 1 rings (SSSR count). The Balaban J connectivity index is 2.83. The van der Waals surface area contributed by atoms with Gasteiger partial charge < -0.3 is 0 Å². The zero-order valence-electron chi connectivity index (χ0n) is 11.3. The summed E-state index contributed by atoms with van der Waals surface area (Å²) < 4.78 is 0. The van der Waals surface area contributed by atoms with E-state index in [4.69, 9.17) is 5.26 Å². The average Bonchev–Trinajstić information content (AvgIpc) is 2.30. The van der Waals surface area contributed by atoms with Gasteiger partial charge in [-0.1, -0.05) is 13.0 Å². The van der Waals surface area contributed by atoms with Crippen LogP contribution in [0.1, 0.15) is 43.9 Å². The highest BCUT2D eigenvalue weighted by atomic mass is 15.1. The molecule has 0 unspecified atom stereocenters. The molecule has 1 aromatic rings. The maximum atomic E-state index is 8.85. The first-order chi connectivity index (χ1) is 8.08. The fourth-order valence-corrected chi connectivity index (χ4v) is 1.97. The van der Waals surface area contributed by atoms with Crippen LogP contribution in [0.25, 0.3) is 0 Å². The largest absolute Gasteiger partial charge is 0.297 e. The Morgan fingerprint density at radius 3 is 2.53 bits per heavy atom. The third-order valence-corrected chi connectivity index (χ3v) is 3.09. The highest BCUT2D eigenvalue weighted by molar-refractivity contribution is 5.37. The number of aryl methyl sites for hydroxylation is 1. The van der Waals surface area contributed by atoms with Crippen LogP contribution >= 0.6 is 0 Å². The molecule has 0 aliphatic carbocycles. The second-order valence-electron chi connectivity index (χ2n) is 4.82. The summed E-state index contributed by atoms with van der Waals surface area (Å²) in [6.45, 7) is 10.9. The Kier molecular flexibility index (Phi) is 5.18. The van der Waals surface area contributed by atoms with Gasteiger partial charge in [-0.05, 0) is 57.0 Å². The number of hydrogen-bond donors (Lipinski definition) is 0. The van der Waals surface area contributed by atoms with Gasteiger partial charge in [-0.2, -0.15) is 5.26 Å². The van der Waals surface area contributed by atoms with E-state index in [1.165, 1.54) is 17.5 Å². The van der Waals surface area contributed by atoms with Gasteiger partial charge in [0.1, 0.15) is 0 Å². The number of nitrogens with zero attached hydrogens (tertiary/aromatic N) is 2. The molecular weight excluding hydrogens is 208 g/mol. The fourth-order valence-electron chi connectivity index (χ4n) is 1.97. The highest BCUT2D eigenvalue weighted by Gasteiger charge is 2.10. The van der Waals surface area contributed by atoms with Crippen LogP contribution in [0.2, 0.25) is 0 Å². The number of rotatable bonds is 5. The maximum absolute atomic E-state index is 8.85. The first-order valence-corrected chi connectivity index (χ1v) is 6.32. The highest BCUT2D eigenvalue weighted by Crippen LogP contribution is 2.15. The molecule has 2 nitrogen and oxygen atoms in total. The van der Waals surface area contributed by atoms with Gasteiger partial charge in [0, 0.05) is 12.6 Å². The second-order valence-corrected chi connectivity index (χ2v) is 4.82. The number of benzene rings is 1. The van der Waals surface area contributed by atoms with Crippen LogP contribution in [0, 0.1) is 18.3 Å². The molecule has 1 aromatic carbocycles. The van der Waals surface area contributed by atoms with Gasteiger partial charge in [0.05, 0.1) is 11.6 Å². The second kappa shape index (κ2) is 6.42. The molecule has 0 bridgehead atoms. The third-order valence-electron chi connectivity index (χ3n) is 3.09. The Morgan fingerprint density at radius 2 is 2.06 bits per heavy atom. The minimum absolute atomic E-state index is 0.560. The van der Waals surface area contributed by atoms with Crippen molar-refractivity contribution in [2.75, 3.05) is 6.54 Å². The molecule has 0 aliphatic heterocycles. The molecule has 0 radical (unpaired) electrons. The molecular formula is C15H22N2. The van der Waals surface area contributed by atoms with E-state index in [1.54, 1.807) is 0 Å². The van der Waals surface area contributed by atoms with Crippen LogP contribution in [0.5, 0.6) is 0 Å².